The third kappa shape index (κ3) is 4.73. The van der Waals surface area contributed by atoms with Crippen LogP contribution < -0.4 is 14.5 Å². The van der Waals surface area contributed by atoms with Crippen molar-refractivity contribution in [2.24, 2.45) is 0 Å². The van der Waals surface area contributed by atoms with E-state index in [9.17, 15) is 4.79 Å². The summed E-state index contributed by atoms with van der Waals surface area (Å²) in [4.78, 5) is 20.6. The van der Waals surface area contributed by atoms with E-state index in [1.807, 2.05) is 41.8 Å². The molecule has 0 fully saturated rings. The number of fused-ring (bicyclic) bond motifs is 1. The van der Waals surface area contributed by atoms with Crippen LogP contribution in [0.15, 0.2) is 72.4 Å². The van der Waals surface area contributed by atoms with Gasteiger partial charge in [-0.1, -0.05) is 30.3 Å². The Hall–Kier alpha value is -3.07. The molecule has 0 saturated carbocycles. The molecule has 30 heavy (non-hydrogen) atoms. The number of anilines is 1. The first-order valence-electron chi connectivity index (χ1n) is 8.90. The lowest BCUT2D eigenvalue weighted by atomic mass is 10.1. The third-order valence-electron chi connectivity index (χ3n) is 4.12. The number of aromatic nitrogens is 2. The molecule has 1 amide bonds. The number of carbonyl (C=O) groups excluding carboxylic acids is 1. The first-order valence-corrected chi connectivity index (χ1v) is 10.5. The molecule has 6 nitrogen and oxygen atoms in total. The number of thiophene rings is 1. The second-order valence-electron chi connectivity index (χ2n) is 6.21. The number of carbonyl (C=O) groups is 1. The number of benzene rings is 2. The largest absolute Gasteiger partial charge is 0.437 e. The van der Waals surface area contributed by atoms with Crippen LogP contribution in [0.5, 0.6) is 11.6 Å². The highest BCUT2D eigenvalue weighted by atomic mass is 35.5. The molecule has 0 atom stereocenters. The van der Waals surface area contributed by atoms with Crippen molar-refractivity contribution in [2.45, 2.75) is 6.42 Å². The number of hydrogen-bond donors (Lipinski definition) is 1. The Morgan fingerprint density at radius 1 is 1.10 bits per heavy atom. The van der Waals surface area contributed by atoms with Gasteiger partial charge in [0.2, 0.25) is 11.8 Å². The van der Waals surface area contributed by atoms with Crippen LogP contribution in [0.1, 0.15) is 5.56 Å². The first kappa shape index (κ1) is 20.2. The molecule has 0 aliphatic heterocycles. The maximum atomic E-state index is 12.2. The molecular formula is C21H15ClN4O2S2. The molecule has 0 unspecified atom stereocenters. The van der Waals surface area contributed by atoms with E-state index in [0.29, 0.717) is 17.3 Å². The van der Waals surface area contributed by atoms with Gasteiger partial charge < -0.3 is 10.1 Å². The molecule has 4 rings (SSSR count). The monoisotopic (exact) mass is 454 g/mol. The topological polar surface area (TPSA) is 67.4 Å². The molecule has 0 bridgehead atoms. The lowest BCUT2D eigenvalue weighted by molar-refractivity contribution is -0.119. The Morgan fingerprint density at radius 3 is 2.63 bits per heavy atom. The van der Waals surface area contributed by atoms with E-state index in [2.05, 4.69) is 15.3 Å². The van der Waals surface area contributed by atoms with Crippen LogP contribution in [0.25, 0.3) is 10.2 Å². The van der Waals surface area contributed by atoms with Gasteiger partial charge in [0.25, 0.3) is 0 Å². The van der Waals surface area contributed by atoms with Gasteiger partial charge in [-0.15, -0.1) is 11.3 Å². The summed E-state index contributed by atoms with van der Waals surface area (Å²) in [5, 5.41) is 4.68. The van der Waals surface area contributed by atoms with E-state index in [0.717, 1.165) is 15.8 Å². The van der Waals surface area contributed by atoms with Crippen molar-refractivity contribution in [3.8, 4) is 11.6 Å². The highest BCUT2D eigenvalue weighted by Gasteiger charge is 2.14. The van der Waals surface area contributed by atoms with Crippen LogP contribution in [0.2, 0.25) is 0 Å². The zero-order valence-corrected chi connectivity index (χ0v) is 17.9. The summed E-state index contributed by atoms with van der Waals surface area (Å²) in [5.74, 6) is 0.853. The molecular weight excluding hydrogens is 440 g/mol. The quantitative estimate of drug-likeness (QED) is 0.335. The van der Waals surface area contributed by atoms with Crippen LogP contribution in [0.4, 0.5) is 5.69 Å². The predicted molar refractivity (Wildman–Crippen MR) is 123 cm³/mol. The Bertz CT molecular complexity index is 1180. The molecule has 2 aromatic carbocycles. The first-order chi connectivity index (χ1) is 14.6. The van der Waals surface area contributed by atoms with Gasteiger partial charge in [-0.05, 0) is 53.5 Å². The second-order valence-corrected chi connectivity index (χ2v) is 7.85. The van der Waals surface area contributed by atoms with Gasteiger partial charge in [-0.25, -0.2) is 14.4 Å². The van der Waals surface area contributed by atoms with E-state index in [1.165, 1.54) is 22.1 Å². The smallest absolute Gasteiger partial charge is 0.240 e. The van der Waals surface area contributed by atoms with Crippen molar-refractivity contribution in [2.75, 3.05) is 4.42 Å². The molecule has 2 aromatic heterocycles. The van der Waals surface area contributed by atoms with Crippen molar-refractivity contribution in [1.82, 2.24) is 15.3 Å². The Labute approximate surface area is 187 Å². The number of nitrogens with zero attached hydrogens (tertiary/aromatic N) is 3. The zero-order valence-electron chi connectivity index (χ0n) is 15.5. The summed E-state index contributed by atoms with van der Waals surface area (Å²) in [6.45, 7) is 0. The number of ether oxygens (including phenoxy) is 1. The SMILES string of the molecule is O=C(Cc1ccccc1)NC(=S)N(Cl)c1ccc(Oc2ncnc3ccsc23)cc1. The Kier molecular flexibility index (Phi) is 6.18. The van der Waals surface area contributed by atoms with E-state index < -0.39 is 0 Å². The number of hydrogen-bond acceptors (Lipinski definition) is 6. The fraction of sp³-hybridized carbons (Fsp3) is 0.0476. The van der Waals surface area contributed by atoms with Crippen LogP contribution in [0, 0.1) is 0 Å². The van der Waals surface area contributed by atoms with Gasteiger partial charge in [0.15, 0.2) is 5.11 Å². The second kappa shape index (κ2) is 9.17. The van der Waals surface area contributed by atoms with E-state index in [-0.39, 0.29) is 17.4 Å². The maximum absolute atomic E-state index is 12.2. The summed E-state index contributed by atoms with van der Waals surface area (Å²) in [7, 11) is 0. The van der Waals surface area contributed by atoms with Gasteiger partial charge in [0.1, 0.15) is 16.8 Å². The van der Waals surface area contributed by atoms with Crippen LogP contribution in [-0.4, -0.2) is 21.0 Å². The average Bonchev–Trinajstić information content (AvgIpc) is 3.24. The fourth-order valence-electron chi connectivity index (χ4n) is 2.71. The molecule has 0 aliphatic carbocycles. The Morgan fingerprint density at radius 2 is 1.87 bits per heavy atom. The van der Waals surface area contributed by atoms with E-state index >= 15 is 0 Å². The van der Waals surface area contributed by atoms with Gasteiger partial charge in [-0.3, -0.25) is 4.79 Å². The minimum atomic E-state index is -0.236. The molecule has 4 aromatic rings. The minimum Gasteiger partial charge on any atom is -0.437 e. The van der Waals surface area contributed by atoms with E-state index in [1.54, 1.807) is 24.3 Å². The molecule has 9 heteroatoms. The number of nitrogens with one attached hydrogen (secondary N) is 1. The molecule has 0 spiro atoms. The Balaban J connectivity index is 1.38. The summed E-state index contributed by atoms with van der Waals surface area (Å²) < 4.78 is 7.96. The van der Waals surface area contributed by atoms with Gasteiger partial charge >= 0.3 is 0 Å². The number of rotatable bonds is 5. The third-order valence-corrected chi connectivity index (χ3v) is 5.76. The fourth-order valence-corrected chi connectivity index (χ4v) is 3.85. The maximum Gasteiger partial charge on any atom is 0.240 e. The highest BCUT2D eigenvalue weighted by molar-refractivity contribution is 7.80. The van der Waals surface area contributed by atoms with Gasteiger partial charge in [-0.2, -0.15) is 0 Å². The standard InChI is InChI=1S/C21H15ClN4O2S2/c22-26(21(29)25-18(27)12-14-4-2-1-3-5-14)15-6-8-16(9-7-15)28-20-19-17(10-11-30-19)23-13-24-20/h1-11,13H,12H2,(H,25,27,29). The van der Waals surface area contributed by atoms with Crippen LogP contribution >= 0.6 is 35.3 Å². The molecule has 1 N–H and O–H groups in total. The zero-order chi connectivity index (χ0) is 20.9. The van der Waals surface area contributed by atoms with Gasteiger partial charge in [0.05, 0.1) is 17.6 Å². The number of amides is 1. The lowest BCUT2D eigenvalue weighted by Crippen LogP contribution is -2.38. The molecule has 2 heterocycles. The summed E-state index contributed by atoms with van der Waals surface area (Å²) in [5.41, 5.74) is 2.33. The van der Waals surface area contributed by atoms with Gasteiger partial charge in [0, 0.05) is 11.8 Å². The van der Waals surface area contributed by atoms with Crippen molar-refractivity contribution < 1.29 is 9.53 Å². The lowest BCUT2D eigenvalue weighted by Gasteiger charge is -2.17. The minimum absolute atomic E-state index is 0.0994. The van der Waals surface area contributed by atoms with Crippen LogP contribution in [-0.2, 0) is 11.2 Å². The summed E-state index contributed by atoms with van der Waals surface area (Å²) in [6, 6.07) is 18.3. The molecule has 0 saturated heterocycles. The van der Waals surface area contributed by atoms with Crippen molar-refractivity contribution in [3.63, 3.8) is 0 Å². The normalized spacial score (nSPS) is 10.6. The predicted octanol–water partition coefficient (Wildman–Crippen LogP) is 5.09. The van der Waals surface area contributed by atoms with Crippen molar-refractivity contribution in [3.05, 3.63) is 77.9 Å². The summed E-state index contributed by atoms with van der Waals surface area (Å²) >= 11 is 13.1. The highest BCUT2D eigenvalue weighted by Crippen LogP contribution is 2.31. The summed E-state index contributed by atoms with van der Waals surface area (Å²) in [6.07, 6.45) is 1.68. The van der Waals surface area contributed by atoms with E-state index in [4.69, 9.17) is 28.7 Å². The van der Waals surface area contributed by atoms with Crippen molar-refractivity contribution in [1.29, 1.82) is 0 Å². The molecule has 0 aliphatic rings. The van der Waals surface area contributed by atoms with Crippen LogP contribution in [0.3, 0.4) is 0 Å². The number of halogens is 1. The van der Waals surface area contributed by atoms with Crippen molar-refractivity contribution >= 4 is 62.3 Å². The average molecular weight is 455 g/mol. The molecule has 150 valence electrons. The molecule has 0 radical (unpaired) electrons. The number of thiocarbonyl (C=S) groups is 1.